The zero-order valence-corrected chi connectivity index (χ0v) is 10.3. The fourth-order valence-corrected chi connectivity index (χ4v) is 1.90. The normalized spacial score (nSPS) is 11.0. The Balaban J connectivity index is 2.05. The molecule has 1 N–H and O–H groups in total. The number of aliphatic carboxylic acids is 1. The number of fused-ring (bicyclic) bond motifs is 1. The van der Waals surface area contributed by atoms with Crippen molar-refractivity contribution in [3.63, 3.8) is 0 Å². The third-order valence-electron chi connectivity index (χ3n) is 2.83. The summed E-state index contributed by atoms with van der Waals surface area (Å²) in [5.74, 6) is -0.760. The van der Waals surface area contributed by atoms with E-state index in [0.717, 1.165) is 17.4 Å². The van der Waals surface area contributed by atoms with E-state index in [1.807, 2.05) is 36.2 Å². The van der Waals surface area contributed by atoms with Crippen LogP contribution in [0.25, 0.3) is 10.9 Å². The van der Waals surface area contributed by atoms with E-state index in [1.165, 1.54) is 5.56 Å². The van der Waals surface area contributed by atoms with Crippen LogP contribution in [0.5, 0.6) is 0 Å². The summed E-state index contributed by atoms with van der Waals surface area (Å²) in [5, 5.41) is 9.75. The summed E-state index contributed by atoms with van der Waals surface area (Å²) in [6, 6.07) is 10.1. The minimum atomic E-state index is -0.760. The van der Waals surface area contributed by atoms with E-state index < -0.39 is 5.97 Å². The molecule has 2 aromatic rings. The van der Waals surface area contributed by atoms with Crippen LogP contribution >= 0.6 is 0 Å². The minimum Gasteiger partial charge on any atom is -0.481 e. The van der Waals surface area contributed by atoms with E-state index in [-0.39, 0.29) is 6.42 Å². The lowest BCUT2D eigenvalue weighted by Gasteiger charge is -2.15. The molecule has 0 saturated heterocycles. The fourth-order valence-electron chi connectivity index (χ4n) is 1.90. The molecule has 0 radical (unpaired) electrons. The molecule has 0 atom stereocenters. The Labute approximate surface area is 106 Å². The molecule has 0 aliphatic carbocycles. The molecule has 0 aliphatic heterocycles. The van der Waals surface area contributed by atoms with Gasteiger partial charge in [-0.25, -0.2) is 0 Å². The Morgan fingerprint density at radius 1 is 1.39 bits per heavy atom. The second kappa shape index (κ2) is 5.60. The molecular weight excluding hydrogens is 228 g/mol. The maximum absolute atomic E-state index is 10.5. The molecule has 0 saturated carbocycles. The first-order chi connectivity index (χ1) is 8.65. The Hall–Kier alpha value is -1.94. The zero-order chi connectivity index (χ0) is 13.0. The zero-order valence-electron chi connectivity index (χ0n) is 10.3. The molecule has 0 amide bonds. The molecule has 0 fully saturated rings. The lowest BCUT2D eigenvalue weighted by atomic mass is 10.1. The highest BCUT2D eigenvalue weighted by atomic mass is 16.4. The van der Waals surface area contributed by atoms with E-state index in [1.54, 1.807) is 6.20 Å². The van der Waals surface area contributed by atoms with Crippen molar-refractivity contribution in [3.8, 4) is 0 Å². The molecule has 1 heterocycles. The average Bonchev–Trinajstić information content (AvgIpc) is 2.36. The molecule has 4 nitrogen and oxygen atoms in total. The predicted octanol–water partition coefficient (Wildman–Crippen LogP) is 2.14. The van der Waals surface area contributed by atoms with Gasteiger partial charge in [-0.05, 0) is 30.8 Å². The summed E-state index contributed by atoms with van der Waals surface area (Å²) in [5.41, 5.74) is 2.15. The van der Waals surface area contributed by atoms with Crippen LogP contribution in [0, 0.1) is 0 Å². The largest absolute Gasteiger partial charge is 0.481 e. The number of carboxylic acids is 1. The number of pyridine rings is 1. The van der Waals surface area contributed by atoms with Gasteiger partial charge >= 0.3 is 5.97 Å². The van der Waals surface area contributed by atoms with Crippen molar-refractivity contribution in [1.82, 2.24) is 9.88 Å². The highest BCUT2D eigenvalue weighted by Crippen LogP contribution is 2.14. The number of rotatable bonds is 5. The number of aromatic nitrogens is 1. The highest BCUT2D eigenvalue weighted by Gasteiger charge is 2.04. The summed E-state index contributed by atoms with van der Waals surface area (Å²) in [7, 11) is 1.93. The monoisotopic (exact) mass is 244 g/mol. The average molecular weight is 244 g/mol. The van der Waals surface area contributed by atoms with Gasteiger partial charge in [0.15, 0.2) is 0 Å². The van der Waals surface area contributed by atoms with Crippen molar-refractivity contribution in [2.24, 2.45) is 0 Å². The van der Waals surface area contributed by atoms with Gasteiger partial charge in [-0.2, -0.15) is 0 Å². The van der Waals surface area contributed by atoms with Crippen molar-refractivity contribution in [3.05, 3.63) is 42.1 Å². The lowest BCUT2D eigenvalue weighted by molar-refractivity contribution is -0.137. The summed E-state index contributed by atoms with van der Waals surface area (Å²) in [4.78, 5) is 16.8. The van der Waals surface area contributed by atoms with Crippen molar-refractivity contribution < 1.29 is 9.90 Å². The van der Waals surface area contributed by atoms with E-state index in [9.17, 15) is 4.79 Å². The van der Waals surface area contributed by atoms with Crippen LogP contribution in [-0.2, 0) is 11.3 Å². The topological polar surface area (TPSA) is 53.4 Å². The van der Waals surface area contributed by atoms with Crippen molar-refractivity contribution >= 4 is 16.9 Å². The van der Waals surface area contributed by atoms with Gasteiger partial charge < -0.3 is 10.0 Å². The third-order valence-corrected chi connectivity index (χ3v) is 2.83. The Kier molecular flexibility index (Phi) is 3.89. The van der Waals surface area contributed by atoms with Gasteiger partial charge in [-0.3, -0.25) is 9.78 Å². The Morgan fingerprint density at radius 2 is 2.22 bits per heavy atom. The van der Waals surface area contributed by atoms with E-state index in [2.05, 4.69) is 11.1 Å². The molecule has 1 aromatic heterocycles. The second-order valence-electron chi connectivity index (χ2n) is 4.41. The van der Waals surface area contributed by atoms with Crippen LogP contribution in [0.4, 0.5) is 0 Å². The standard InChI is InChI=1S/C14H16N2O2/c1-16(8-6-14(17)18)10-11-4-5-13-12(9-11)3-2-7-15-13/h2-5,7,9H,6,8,10H2,1H3,(H,17,18). The van der Waals surface area contributed by atoms with Gasteiger partial charge in [0.2, 0.25) is 0 Å². The molecule has 18 heavy (non-hydrogen) atoms. The number of carboxylic acid groups (broad SMARTS) is 1. The number of hydrogen-bond donors (Lipinski definition) is 1. The SMILES string of the molecule is CN(CCC(=O)O)Cc1ccc2ncccc2c1. The first-order valence-electron chi connectivity index (χ1n) is 5.89. The van der Waals surface area contributed by atoms with Gasteiger partial charge in [0, 0.05) is 24.7 Å². The number of hydrogen-bond acceptors (Lipinski definition) is 3. The van der Waals surface area contributed by atoms with E-state index in [0.29, 0.717) is 6.54 Å². The molecule has 2 rings (SSSR count). The van der Waals surface area contributed by atoms with E-state index >= 15 is 0 Å². The van der Waals surface area contributed by atoms with Crippen molar-refractivity contribution in [2.45, 2.75) is 13.0 Å². The summed E-state index contributed by atoms with van der Waals surface area (Å²) >= 11 is 0. The van der Waals surface area contributed by atoms with Gasteiger partial charge in [0.1, 0.15) is 0 Å². The third kappa shape index (κ3) is 3.28. The first-order valence-corrected chi connectivity index (χ1v) is 5.89. The Bertz CT molecular complexity index is 554. The summed E-state index contributed by atoms with van der Waals surface area (Å²) in [6.07, 6.45) is 1.95. The number of carbonyl (C=O) groups is 1. The van der Waals surface area contributed by atoms with Gasteiger partial charge in [0.05, 0.1) is 11.9 Å². The van der Waals surface area contributed by atoms with Crippen molar-refractivity contribution in [2.75, 3.05) is 13.6 Å². The van der Waals surface area contributed by atoms with Crippen LogP contribution in [0.2, 0.25) is 0 Å². The van der Waals surface area contributed by atoms with Crippen LogP contribution < -0.4 is 0 Å². The predicted molar refractivity (Wildman–Crippen MR) is 70.3 cm³/mol. The van der Waals surface area contributed by atoms with Crippen LogP contribution in [0.15, 0.2) is 36.5 Å². The first kappa shape index (κ1) is 12.5. The molecule has 4 heteroatoms. The quantitative estimate of drug-likeness (QED) is 0.875. The maximum Gasteiger partial charge on any atom is 0.304 e. The van der Waals surface area contributed by atoms with Crippen LogP contribution in [0.1, 0.15) is 12.0 Å². The smallest absolute Gasteiger partial charge is 0.304 e. The summed E-state index contributed by atoms with van der Waals surface area (Å²) in [6.45, 7) is 1.30. The molecular formula is C14H16N2O2. The molecule has 94 valence electrons. The van der Waals surface area contributed by atoms with Gasteiger partial charge in [0.25, 0.3) is 0 Å². The highest BCUT2D eigenvalue weighted by molar-refractivity contribution is 5.78. The van der Waals surface area contributed by atoms with E-state index in [4.69, 9.17) is 5.11 Å². The lowest BCUT2D eigenvalue weighted by Crippen LogP contribution is -2.21. The molecule has 0 bridgehead atoms. The van der Waals surface area contributed by atoms with Crippen LogP contribution in [-0.4, -0.2) is 34.6 Å². The minimum absolute atomic E-state index is 0.172. The second-order valence-corrected chi connectivity index (χ2v) is 4.41. The Morgan fingerprint density at radius 3 is 3.00 bits per heavy atom. The summed E-state index contributed by atoms with van der Waals surface area (Å²) < 4.78 is 0. The van der Waals surface area contributed by atoms with Gasteiger partial charge in [-0.15, -0.1) is 0 Å². The van der Waals surface area contributed by atoms with Gasteiger partial charge in [-0.1, -0.05) is 12.1 Å². The molecule has 0 spiro atoms. The molecule has 0 aliphatic rings. The molecule has 0 unspecified atom stereocenters. The number of nitrogens with zero attached hydrogens (tertiary/aromatic N) is 2. The maximum atomic E-state index is 10.5. The van der Waals surface area contributed by atoms with Crippen molar-refractivity contribution in [1.29, 1.82) is 0 Å². The fraction of sp³-hybridized carbons (Fsp3) is 0.286. The van der Waals surface area contributed by atoms with Crippen LogP contribution in [0.3, 0.4) is 0 Å². The number of benzene rings is 1. The molecule has 1 aromatic carbocycles.